The summed E-state index contributed by atoms with van der Waals surface area (Å²) in [4.78, 5) is 18.9. The monoisotopic (exact) mass is 325 g/mol. The fraction of sp³-hybridized carbons (Fsp3) is 0.294. The lowest BCUT2D eigenvalue weighted by atomic mass is 10.1. The van der Waals surface area contributed by atoms with Crippen molar-refractivity contribution in [2.45, 2.75) is 25.3 Å². The van der Waals surface area contributed by atoms with Gasteiger partial charge in [-0.25, -0.2) is 9.37 Å². The molecule has 4 rings (SSSR count). The third-order valence-electron chi connectivity index (χ3n) is 4.20. The van der Waals surface area contributed by atoms with Crippen LogP contribution in [-0.2, 0) is 6.42 Å². The van der Waals surface area contributed by atoms with E-state index in [9.17, 15) is 9.18 Å². The summed E-state index contributed by atoms with van der Waals surface area (Å²) >= 11 is 0. The predicted molar refractivity (Wildman–Crippen MR) is 84.9 cm³/mol. The maximum absolute atomic E-state index is 13.0. The molecule has 7 heteroatoms. The molecule has 0 atom stereocenters. The molecule has 1 amide bonds. The van der Waals surface area contributed by atoms with Crippen LogP contribution < -0.4 is 0 Å². The number of halogens is 1. The van der Waals surface area contributed by atoms with Crippen molar-refractivity contribution in [3.8, 4) is 0 Å². The molecule has 0 radical (unpaired) electrons. The molecule has 1 aromatic carbocycles. The number of hydrogen-bond acceptors (Lipinski definition) is 4. The van der Waals surface area contributed by atoms with Crippen molar-refractivity contribution in [2.24, 2.45) is 0 Å². The number of amides is 1. The average Bonchev–Trinajstić information content (AvgIpc) is 3.32. The molecule has 0 unspecified atom stereocenters. The van der Waals surface area contributed by atoms with Gasteiger partial charge < -0.3 is 4.90 Å². The molecule has 1 aliphatic rings. The Labute approximate surface area is 138 Å². The summed E-state index contributed by atoms with van der Waals surface area (Å²) in [5.41, 5.74) is 2.00. The van der Waals surface area contributed by atoms with Gasteiger partial charge in [-0.1, -0.05) is 12.1 Å². The Balaban J connectivity index is 1.51. The van der Waals surface area contributed by atoms with Crippen LogP contribution in [0.5, 0.6) is 0 Å². The Hall–Kier alpha value is -2.83. The standard InChI is InChI=1S/C17H16FN5O/c18-13-3-1-12(2-4-13)7-8-23(14-5-6-14)17(24)15-10-22-11-20-21-16(22)9-19-15/h1-4,9-11,14H,5-8H2. The molecule has 122 valence electrons. The number of nitrogens with zero attached hydrogens (tertiary/aromatic N) is 5. The van der Waals surface area contributed by atoms with E-state index in [-0.39, 0.29) is 17.8 Å². The van der Waals surface area contributed by atoms with Crippen LogP contribution in [0.2, 0.25) is 0 Å². The smallest absolute Gasteiger partial charge is 0.274 e. The summed E-state index contributed by atoms with van der Waals surface area (Å²) in [6, 6.07) is 6.68. The number of aromatic nitrogens is 4. The van der Waals surface area contributed by atoms with Gasteiger partial charge in [0.2, 0.25) is 0 Å². The van der Waals surface area contributed by atoms with E-state index in [4.69, 9.17) is 0 Å². The number of carbonyl (C=O) groups excluding carboxylic acids is 1. The molecule has 0 bridgehead atoms. The Morgan fingerprint density at radius 2 is 2.08 bits per heavy atom. The van der Waals surface area contributed by atoms with E-state index in [1.54, 1.807) is 35.3 Å². The molecule has 1 aliphatic carbocycles. The molecule has 0 aliphatic heterocycles. The van der Waals surface area contributed by atoms with Gasteiger partial charge in [-0.2, -0.15) is 0 Å². The highest BCUT2D eigenvalue weighted by Crippen LogP contribution is 2.28. The molecule has 2 heterocycles. The van der Waals surface area contributed by atoms with Crippen molar-refractivity contribution in [3.63, 3.8) is 0 Å². The minimum atomic E-state index is -0.250. The molecule has 1 saturated carbocycles. The van der Waals surface area contributed by atoms with Gasteiger partial charge in [-0.3, -0.25) is 9.20 Å². The topological polar surface area (TPSA) is 63.4 Å². The van der Waals surface area contributed by atoms with Crippen LogP contribution in [0.15, 0.2) is 43.0 Å². The molecular formula is C17H16FN5O. The highest BCUT2D eigenvalue weighted by molar-refractivity contribution is 5.92. The zero-order chi connectivity index (χ0) is 16.5. The molecule has 0 N–H and O–H groups in total. The minimum absolute atomic E-state index is 0.0878. The van der Waals surface area contributed by atoms with Crippen LogP contribution >= 0.6 is 0 Å². The lowest BCUT2D eigenvalue weighted by Gasteiger charge is -2.22. The van der Waals surface area contributed by atoms with E-state index in [0.717, 1.165) is 18.4 Å². The van der Waals surface area contributed by atoms with Crippen LogP contribution in [0.25, 0.3) is 5.65 Å². The predicted octanol–water partition coefficient (Wildman–Crippen LogP) is 2.11. The number of fused-ring (bicyclic) bond motifs is 1. The third-order valence-corrected chi connectivity index (χ3v) is 4.20. The second-order valence-corrected chi connectivity index (χ2v) is 5.98. The Kier molecular flexibility index (Phi) is 3.68. The van der Waals surface area contributed by atoms with Gasteiger partial charge in [0.05, 0.1) is 6.20 Å². The van der Waals surface area contributed by atoms with Gasteiger partial charge in [0.25, 0.3) is 5.91 Å². The van der Waals surface area contributed by atoms with E-state index < -0.39 is 0 Å². The summed E-state index contributed by atoms with van der Waals surface area (Å²) in [7, 11) is 0. The molecule has 2 aromatic heterocycles. The summed E-state index contributed by atoms with van der Waals surface area (Å²) < 4.78 is 14.7. The Bertz CT molecular complexity index is 872. The van der Waals surface area contributed by atoms with Crippen molar-refractivity contribution in [1.82, 2.24) is 24.5 Å². The first-order valence-electron chi connectivity index (χ1n) is 7.91. The molecule has 0 saturated heterocycles. The van der Waals surface area contributed by atoms with Gasteiger partial charge in [-0.05, 0) is 37.0 Å². The number of rotatable bonds is 5. The molecule has 6 nitrogen and oxygen atoms in total. The normalized spacial score (nSPS) is 14.0. The maximum atomic E-state index is 13.0. The quantitative estimate of drug-likeness (QED) is 0.721. The first-order chi connectivity index (χ1) is 11.7. The summed E-state index contributed by atoms with van der Waals surface area (Å²) in [5.74, 6) is -0.337. The average molecular weight is 325 g/mol. The SMILES string of the molecule is O=C(c1cn2cnnc2cn1)N(CCc1ccc(F)cc1)C1CC1. The maximum Gasteiger partial charge on any atom is 0.274 e. The van der Waals surface area contributed by atoms with Gasteiger partial charge in [0, 0.05) is 18.8 Å². The summed E-state index contributed by atoms with van der Waals surface area (Å²) in [5, 5.41) is 7.68. The zero-order valence-electron chi connectivity index (χ0n) is 13.0. The first-order valence-corrected chi connectivity index (χ1v) is 7.91. The number of benzene rings is 1. The molecule has 0 spiro atoms. The van der Waals surface area contributed by atoms with Gasteiger partial charge in [0.15, 0.2) is 5.65 Å². The second kappa shape index (κ2) is 5.99. The molecule has 24 heavy (non-hydrogen) atoms. The van der Waals surface area contributed by atoms with Gasteiger partial charge in [-0.15, -0.1) is 10.2 Å². The van der Waals surface area contributed by atoms with Crippen LogP contribution in [0.4, 0.5) is 4.39 Å². The van der Waals surface area contributed by atoms with E-state index >= 15 is 0 Å². The minimum Gasteiger partial charge on any atom is -0.334 e. The Morgan fingerprint density at radius 1 is 1.29 bits per heavy atom. The van der Waals surface area contributed by atoms with Crippen molar-refractivity contribution >= 4 is 11.6 Å². The van der Waals surface area contributed by atoms with Crippen LogP contribution in [0.3, 0.4) is 0 Å². The lowest BCUT2D eigenvalue weighted by Crippen LogP contribution is -2.35. The van der Waals surface area contributed by atoms with E-state index in [1.165, 1.54) is 12.1 Å². The highest BCUT2D eigenvalue weighted by Gasteiger charge is 2.33. The number of hydrogen-bond donors (Lipinski definition) is 0. The van der Waals surface area contributed by atoms with Crippen LogP contribution in [0, 0.1) is 5.82 Å². The fourth-order valence-electron chi connectivity index (χ4n) is 2.73. The molecule has 3 aromatic rings. The lowest BCUT2D eigenvalue weighted by molar-refractivity contribution is 0.0738. The van der Waals surface area contributed by atoms with Crippen molar-refractivity contribution in [1.29, 1.82) is 0 Å². The second-order valence-electron chi connectivity index (χ2n) is 5.98. The van der Waals surface area contributed by atoms with Gasteiger partial charge >= 0.3 is 0 Å². The van der Waals surface area contributed by atoms with Crippen molar-refractivity contribution in [2.75, 3.05) is 6.54 Å². The first kappa shape index (κ1) is 14.7. The van der Waals surface area contributed by atoms with E-state index in [0.29, 0.717) is 24.3 Å². The van der Waals surface area contributed by atoms with Crippen molar-refractivity contribution in [3.05, 3.63) is 60.1 Å². The van der Waals surface area contributed by atoms with E-state index in [1.807, 2.05) is 4.90 Å². The largest absolute Gasteiger partial charge is 0.334 e. The fourth-order valence-corrected chi connectivity index (χ4v) is 2.73. The molecule has 1 fully saturated rings. The van der Waals surface area contributed by atoms with Gasteiger partial charge in [0.1, 0.15) is 17.8 Å². The summed E-state index contributed by atoms with van der Waals surface area (Å²) in [6.07, 6.45) is 7.48. The third kappa shape index (κ3) is 2.97. The van der Waals surface area contributed by atoms with E-state index in [2.05, 4.69) is 15.2 Å². The Morgan fingerprint density at radius 3 is 2.83 bits per heavy atom. The van der Waals surface area contributed by atoms with Crippen LogP contribution in [-0.4, -0.2) is 43.0 Å². The summed E-state index contributed by atoms with van der Waals surface area (Å²) in [6.45, 7) is 0.594. The number of carbonyl (C=O) groups is 1. The molecular weight excluding hydrogens is 309 g/mol. The zero-order valence-corrected chi connectivity index (χ0v) is 13.0. The highest BCUT2D eigenvalue weighted by atomic mass is 19.1. The van der Waals surface area contributed by atoms with Crippen LogP contribution in [0.1, 0.15) is 28.9 Å². The van der Waals surface area contributed by atoms with Crippen molar-refractivity contribution < 1.29 is 9.18 Å².